The normalized spacial score (nSPS) is 10.5. The molecule has 0 spiro atoms. The third kappa shape index (κ3) is 3.02. The minimum atomic E-state index is -0.277. The number of nitrogens with one attached hydrogen (secondary N) is 2. The van der Waals surface area contributed by atoms with E-state index in [1.807, 2.05) is 19.9 Å². The van der Waals surface area contributed by atoms with E-state index in [-0.39, 0.29) is 11.7 Å². The Hall–Kier alpha value is -2.43. The summed E-state index contributed by atoms with van der Waals surface area (Å²) in [6.07, 6.45) is 2.26. The fourth-order valence-electron chi connectivity index (χ4n) is 2.48. The van der Waals surface area contributed by atoms with Crippen molar-refractivity contribution in [2.24, 2.45) is 0 Å². The van der Waals surface area contributed by atoms with E-state index in [0.717, 1.165) is 16.8 Å². The number of hydrogen-bond acceptors (Lipinski definition) is 3. The Balaban J connectivity index is 2.36. The maximum absolute atomic E-state index is 12.4. The van der Waals surface area contributed by atoms with Gasteiger partial charge in [-0.15, -0.1) is 0 Å². The second-order valence-corrected chi connectivity index (χ2v) is 5.06. The Morgan fingerprint density at radius 2 is 2.05 bits per heavy atom. The van der Waals surface area contributed by atoms with Gasteiger partial charge in [-0.3, -0.25) is 9.59 Å². The molecule has 2 rings (SSSR count). The molecular weight excluding hydrogens is 266 g/mol. The van der Waals surface area contributed by atoms with Crippen LogP contribution in [-0.4, -0.2) is 21.7 Å². The van der Waals surface area contributed by atoms with Crippen LogP contribution in [0.2, 0.25) is 0 Å². The molecule has 5 nitrogen and oxygen atoms in total. The van der Waals surface area contributed by atoms with E-state index in [0.29, 0.717) is 23.5 Å². The van der Waals surface area contributed by atoms with Crippen LogP contribution >= 0.6 is 0 Å². The third-order valence-corrected chi connectivity index (χ3v) is 3.38. The number of carbonyl (C=O) groups excluding carboxylic acids is 2. The summed E-state index contributed by atoms with van der Waals surface area (Å²) in [6.45, 7) is 7.18. The second-order valence-electron chi connectivity index (χ2n) is 5.06. The number of aryl methyl sites for hydroxylation is 2. The summed E-state index contributed by atoms with van der Waals surface area (Å²) in [5.41, 5.74) is 3.54. The van der Waals surface area contributed by atoms with E-state index in [1.165, 1.54) is 6.92 Å². The SMILES string of the molecule is CCc1c(C(=O)Nc2cc(C)ccn2)[nH]c(C)c1C(C)=O. The molecule has 2 heterocycles. The highest BCUT2D eigenvalue weighted by Gasteiger charge is 2.21. The molecule has 0 bridgehead atoms. The summed E-state index contributed by atoms with van der Waals surface area (Å²) in [4.78, 5) is 31.3. The lowest BCUT2D eigenvalue weighted by Gasteiger charge is -2.06. The van der Waals surface area contributed by atoms with Gasteiger partial charge in [0.25, 0.3) is 5.91 Å². The minimum absolute atomic E-state index is 0.0340. The molecule has 0 aliphatic heterocycles. The van der Waals surface area contributed by atoms with E-state index in [1.54, 1.807) is 19.2 Å². The van der Waals surface area contributed by atoms with Gasteiger partial charge >= 0.3 is 0 Å². The number of anilines is 1. The van der Waals surface area contributed by atoms with Crippen LogP contribution in [0.3, 0.4) is 0 Å². The lowest BCUT2D eigenvalue weighted by atomic mass is 10.0. The molecule has 1 amide bonds. The maximum atomic E-state index is 12.4. The average molecular weight is 285 g/mol. The number of ketones is 1. The van der Waals surface area contributed by atoms with Gasteiger partial charge < -0.3 is 10.3 Å². The number of amides is 1. The lowest BCUT2D eigenvalue weighted by Crippen LogP contribution is -2.15. The predicted octanol–water partition coefficient (Wildman–Crippen LogP) is 3.04. The van der Waals surface area contributed by atoms with E-state index in [2.05, 4.69) is 15.3 Å². The Morgan fingerprint density at radius 3 is 2.62 bits per heavy atom. The first-order valence-electron chi connectivity index (χ1n) is 6.90. The van der Waals surface area contributed by atoms with Crippen LogP contribution in [0.1, 0.15) is 51.5 Å². The Kier molecular flexibility index (Phi) is 4.21. The number of rotatable bonds is 4. The van der Waals surface area contributed by atoms with E-state index < -0.39 is 0 Å². The number of pyridine rings is 1. The van der Waals surface area contributed by atoms with Gasteiger partial charge in [-0.25, -0.2) is 4.98 Å². The summed E-state index contributed by atoms with van der Waals surface area (Å²) >= 11 is 0. The molecule has 5 heteroatoms. The van der Waals surface area contributed by atoms with Crippen molar-refractivity contribution in [2.75, 3.05) is 5.32 Å². The van der Waals surface area contributed by atoms with Gasteiger partial charge in [-0.1, -0.05) is 6.92 Å². The molecule has 0 atom stereocenters. The minimum Gasteiger partial charge on any atom is -0.354 e. The number of aromatic nitrogens is 2. The van der Waals surface area contributed by atoms with E-state index in [4.69, 9.17) is 0 Å². The summed E-state index contributed by atoms with van der Waals surface area (Å²) < 4.78 is 0. The van der Waals surface area contributed by atoms with Gasteiger partial charge in [0, 0.05) is 17.5 Å². The molecule has 2 N–H and O–H groups in total. The molecule has 2 aromatic rings. The van der Waals surface area contributed by atoms with Crippen molar-refractivity contribution in [3.8, 4) is 0 Å². The molecule has 21 heavy (non-hydrogen) atoms. The molecule has 0 radical (unpaired) electrons. The highest BCUT2D eigenvalue weighted by molar-refractivity contribution is 6.07. The molecule has 0 aliphatic rings. The van der Waals surface area contributed by atoms with Crippen LogP contribution in [0, 0.1) is 13.8 Å². The monoisotopic (exact) mass is 285 g/mol. The van der Waals surface area contributed by atoms with Crippen molar-refractivity contribution in [1.29, 1.82) is 0 Å². The molecular formula is C16H19N3O2. The van der Waals surface area contributed by atoms with Crippen LogP contribution in [0.25, 0.3) is 0 Å². The number of aromatic amines is 1. The molecule has 0 aliphatic carbocycles. The van der Waals surface area contributed by atoms with E-state index in [9.17, 15) is 9.59 Å². The molecule has 0 unspecified atom stereocenters. The number of H-pyrrole nitrogens is 1. The Bertz CT molecular complexity index is 702. The zero-order chi connectivity index (χ0) is 15.6. The second kappa shape index (κ2) is 5.91. The number of Topliss-reactive ketones (excluding diaryl/α,β-unsaturated/α-hetero) is 1. The van der Waals surface area contributed by atoms with Crippen LogP contribution < -0.4 is 5.32 Å². The van der Waals surface area contributed by atoms with Gasteiger partial charge in [0.1, 0.15) is 11.5 Å². The number of nitrogens with zero attached hydrogens (tertiary/aromatic N) is 1. The summed E-state index contributed by atoms with van der Waals surface area (Å²) in [6, 6.07) is 3.66. The fourth-order valence-corrected chi connectivity index (χ4v) is 2.48. The molecule has 0 saturated heterocycles. The van der Waals surface area contributed by atoms with Crippen LogP contribution in [0.4, 0.5) is 5.82 Å². The van der Waals surface area contributed by atoms with Crippen molar-refractivity contribution in [3.63, 3.8) is 0 Å². The Morgan fingerprint density at radius 1 is 1.33 bits per heavy atom. The molecule has 2 aromatic heterocycles. The molecule has 0 aromatic carbocycles. The van der Waals surface area contributed by atoms with Crippen LogP contribution in [0.5, 0.6) is 0 Å². The highest BCUT2D eigenvalue weighted by Crippen LogP contribution is 2.21. The topological polar surface area (TPSA) is 74.8 Å². The van der Waals surface area contributed by atoms with Gasteiger partial charge in [-0.05, 0) is 50.5 Å². The average Bonchev–Trinajstić information content (AvgIpc) is 2.75. The third-order valence-electron chi connectivity index (χ3n) is 3.38. The van der Waals surface area contributed by atoms with Crippen molar-refractivity contribution >= 4 is 17.5 Å². The molecule has 110 valence electrons. The summed E-state index contributed by atoms with van der Waals surface area (Å²) in [7, 11) is 0. The number of hydrogen-bond donors (Lipinski definition) is 2. The van der Waals surface area contributed by atoms with Crippen LogP contribution in [0.15, 0.2) is 18.3 Å². The Labute approximate surface area is 123 Å². The molecule has 0 saturated carbocycles. The van der Waals surface area contributed by atoms with Gasteiger partial charge in [0.05, 0.1) is 0 Å². The van der Waals surface area contributed by atoms with Crippen molar-refractivity contribution in [3.05, 3.63) is 46.4 Å². The van der Waals surface area contributed by atoms with Crippen molar-refractivity contribution < 1.29 is 9.59 Å². The van der Waals surface area contributed by atoms with E-state index >= 15 is 0 Å². The van der Waals surface area contributed by atoms with Crippen molar-refractivity contribution in [1.82, 2.24) is 9.97 Å². The first-order valence-corrected chi connectivity index (χ1v) is 6.90. The quantitative estimate of drug-likeness (QED) is 0.848. The largest absolute Gasteiger partial charge is 0.354 e. The highest BCUT2D eigenvalue weighted by atomic mass is 16.2. The fraction of sp³-hybridized carbons (Fsp3) is 0.312. The first kappa shape index (κ1) is 15.0. The zero-order valence-corrected chi connectivity index (χ0v) is 12.7. The smallest absolute Gasteiger partial charge is 0.273 e. The van der Waals surface area contributed by atoms with Gasteiger partial charge in [0.2, 0.25) is 0 Å². The predicted molar refractivity (Wildman–Crippen MR) is 81.8 cm³/mol. The van der Waals surface area contributed by atoms with Crippen molar-refractivity contribution in [2.45, 2.75) is 34.1 Å². The zero-order valence-electron chi connectivity index (χ0n) is 12.7. The molecule has 0 fully saturated rings. The van der Waals surface area contributed by atoms with Gasteiger partial charge in [-0.2, -0.15) is 0 Å². The lowest BCUT2D eigenvalue weighted by molar-refractivity contribution is 0.101. The first-order chi connectivity index (χ1) is 9.93. The summed E-state index contributed by atoms with van der Waals surface area (Å²) in [5, 5.41) is 2.76. The standard InChI is InChI=1S/C16H19N3O2/c1-5-12-14(11(4)20)10(3)18-15(12)16(21)19-13-8-9(2)6-7-17-13/h6-8,18H,5H2,1-4H3,(H,17,19,21). The van der Waals surface area contributed by atoms with Gasteiger partial charge in [0.15, 0.2) is 5.78 Å². The maximum Gasteiger partial charge on any atom is 0.273 e. The van der Waals surface area contributed by atoms with Crippen LogP contribution in [-0.2, 0) is 6.42 Å². The number of carbonyl (C=O) groups is 2. The summed E-state index contributed by atoms with van der Waals surface area (Å²) in [5.74, 6) is 0.188.